The summed E-state index contributed by atoms with van der Waals surface area (Å²) in [6.45, 7) is 1.48. The zero-order chi connectivity index (χ0) is 19.3. The lowest BCUT2D eigenvalue weighted by Gasteiger charge is -2.34. The molecule has 2 amide bonds. The van der Waals surface area contributed by atoms with E-state index in [1.165, 1.54) is 22.5 Å². The van der Waals surface area contributed by atoms with Gasteiger partial charge >= 0.3 is 6.03 Å². The number of carbonyl (C=O) groups excluding carboxylic acids is 1. The summed E-state index contributed by atoms with van der Waals surface area (Å²) in [6.07, 6.45) is 0.737. The summed E-state index contributed by atoms with van der Waals surface area (Å²) in [4.78, 5) is 13.8. The van der Waals surface area contributed by atoms with Gasteiger partial charge in [-0.15, -0.1) is 0 Å². The average molecular weight is 391 g/mol. The Labute approximate surface area is 158 Å². The quantitative estimate of drug-likeness (QED) is 0.849. The van der Waals surface area contributed by atoms with E-state index in [2.05, 4.69) is 5.32 Å². The van der Waals surface area contributed by atoms with Crippen LogP contribution < -0.4 is 5.32 Å². The van der Waals surface area contributed by atoms with Crippen molar-refractivity contribution in [3.05, 3.63) is 66.0 Å². The highest BCUT2D eigenvalue weighted by Crippen LogP contribution is 2.18. The molecule has 0 unspecified atom stereocenters. The molecule has 2 aromatic rings. The van der Waals surface area contributed by atoms with Gasteiger partial charge in [0.05, 0.1) is 4.90 Å². The van der Waals surface area contributed by atoms with Gasteiger partial charge in [-0.2, -0.15) is 4.31 Å². The molecule has 1 saturated heterocycles. The van der Waals surface area contributed by atoms with Crippen molar-refractivity contribution in [2.45, 2.75) is 11.3 Å². The number of halogens is 1. The molecular formula is C19H22FN3O3S. The molecule has 0 radical (unpaired) electrons. The van der Waals surface area contributed by atoms with Crippen LogP contribution >= 0.6 is 0 Å². The maximum absolute atomic E-state index is 13.3. The SMILES string of the molecule is O=C(NCCc1ccccc1)N1CCN(S(=O)(=O)c2cccc(F)c2)CC1. The minimum Gasteiger partial charge on any atom is -0.338 e. The van der Waals surface area contributed by atoms with Crippen LogP contribution in [-0.4, -0.2) is 56.4 Å². The van der Waals surface area contributed by atoms with E-state index >= 15 is 0 Å². The fraction of sp³-hybridized carbons (Fsp3) is 0.316. The second kappa shape index (κ2) is 8.49. The van der Waals surface area contributed by atoms with Gasteiger partial charge in [-0.25, -0.2) is 17.6 Å². The van der Waals surface area contributed by atoms with Gasteiger partial charge in [0, 0.05) is 32.7 Å². The zero-order valence-corrected chi connectivity index (χ0v) is 15.7. The first-order valence-corrected chi connectivity index (χ1v) is 10.2. The summed E-state index contributed by atoms with van der Waals surface area (Å²) < 4.78 is 39.8. The molecule has 144 valence electrons. The standard InChI is InChI=1S/C19H22FN3O3S/c20-17-7-4-8-18(15-17)27(25,26)23-13-11-22(12-14-23)19(24)21-10-9-16-5-2-1-3-6-16/h1-8,15H,9-14H2,(H,21,24). The van der Waals surface area contributed by atoms with Crippen LogP contribution in [0, 0.1) is 5.82 Å². The summed E-state index contributed by atoms with van der Waals surface area (Å²) in [7, 11) is -3.75. The maximum Gasteiger partial charge on any atom is 0.317 e. The first-order valence-electron chi connectivity index (χ1n) is 8.79. The highest BCUT2D eigenvalue weighted by Gasteiger charge is 2.30. The first-order chi connectivity index (χ1) is 13.0. The third kappa shape index (κ3) is 4.84. The average Bonchev–Trinajstić information content (AvgIpc) is 2.69. The molecule has 0 aromatic heterocycles. The Morgan fingerprint density at radius 1 is 1.00 bits per heavy atom. The largest absolute Gasteiger partial charge is 0.338 e. The maximum atomic E-state index is 13.3. The summed E-state index contributed by atoms with van der Waals surface area (Å²) >= 11 is 0. The topological polar surface area (TPSA) is 69.7 Å². The Balaban J connectivity index is 1.50. The number of sulfonamides is 1. The highest BCUT2D eigenvalue weighted by atomic mass is 32.2. The Hall–Kier alpha value is -2.45. The number of carbonyl (C=O) groups is 1. The van der Waals surface area contributed by atoms with Gasteiger partial charge in [-0.05, 0) is 30.2 Å². The molecule has 0 atom stereocenters. The van der Waals surface area contributed by atoms with Crippen LogP contribution in [0.5, 0.6) is 0 Å². The third-order valence-electron chi connectivity index (χ3n) is 4.49. The molecular weight excluding hydrogens is 369 g/mol. The van der Waals surface area contributed by atoms with Gasteiger partial charge in [0.25, 0.3) is 0 Å². The van der Waals surface area contributed by atoms with Crippen molar-refractivity contribution < 1.29 is 17.6 Å². The van der Waals surface area contributed by atoms with Gasteiger partial charge < -0.3 is 10.2 Å². The molecule has 0 saturated carbocycles. The van der Waals surface area contributed by atoms with Crippen molar-refractivity contribution in [2.75, 3.05) is 32.7 Å². The Bertz CT molecular complexity index is 882. The predicted octanol–water partition coefficient (Wildman–Crippen LogP) is 2.08. The van der Waals surface area contributed by atoms with Crippen molar-refractivity contribution in [1.29, 1.82) is 0 Å². The lowest BCUT2D eigenvalue weighted by atomic mass is 10.1. The number of hydrogen-bond acceptors (Lipinski definition) is 3. The Kier molecular flexibility index (Phi) is 6.08. The van der Waals surface area contributed by atoms with E-state index in [0.29, 0.717) is 19.6 Å². The van der Waals surface area contributed by atoms with E-state index in [9.17, 15) is 17.6 Å². The van der Waals surface area contributed by atoms with Gasteiger partial charge in [0.2, 0.25) is 10.0 Å². The number of hydrogen-bond donors (Lipinski definition) is 1. The molecule has 27 heavy (non-hydrogen) atoms. The molecule has 8 heteroatoms. The summed E-state index contributed by atoms with van der Waals surface area (Å²) in [6, 6.07) is 14.6. The van der Waals surface area contributed by atoms with E-state index in [1.54, 1.807) is 4.90 Å². The number of nitrogens with zero attached hydrogens (tertiary/aromatic N) is 2. The van der Waals surface area contributed by atoms with Crippen LogP contribution in [0.3, 0.4) is 0 Å². The molecule has 0 aliphatic carbocycles. The number of piperazine rings is 1. The minimum absolute atomic E-state index is 0.0664. The van der Waals surface area contributed by atoms with Crippen molar-refractivity contribution >= 4 is 16.1 Å². The highest BCUT2D eigenvalue weighted by molar-refractivity contribution is 7.89. The normalized spacial score (nSPS) is 15.5. The van der Waals surface area contributed by atoms with E-state index in [1.807, 2.05) is 30.3 Å². The number of nitrogens with one attached hydrogen (secondary N) is 1. The van der Waals surface area contributed by atoms with Gasteiger partial charge in [-0.3, -0.25) is 0 Å². The molecule has 1 aliphatic rings. The monoisotopic (exact) mass is 391 g/mol. The number of urea groups is 1. The van der Waals surface area contributed by atoms with Crippen molar-refractivity contribution in [3.8, 4) is 0 Å². The molecule has 1 N–H and O–H groups in total. The molecule has 1 heterocycles. The lowest BCUT2D eigenvalue weighted by Crippen LogP contribution is -2.53. The van der Waals surface area contributed by atoms with Gasteiger partial charge in [0.1, 0.15) is 5.82 Å². The third-order valence-corrected chi connectivity index (χ3v) is 6.39. The molecule has 0 spiro atoms. The lowest BCUT2D eigenvalue weighted by molar-refractivity contribution is 0.172. The second-order valence-electron chi connectivity index (χ2n) is 6.32. The molecule has 2 aromatic carbocycles. The van der Waals surface area contributed by atoms with Gasteiger partial charge in [-0.1, -0.05) is 36.4 Å². The molecule has 1 aliphatic heterocycles. The fourth-order valence-electron chi connectivity index (χ4n) is 2.98. The van der Waals surface area contributed by atoms with Crippen LogP contribution in [0.25, 0.3) is 0 Å². The van der Waals surface area contributed by atoms with E-state index in [0.717, 1.165) is 18.1 Å². The Morgan fingerprint density at radius 3 is 2.37 bits per heavy atom. The second-order valence-corrected chi connectivity index (χ2v) is 8.25. The van der Waals surface area contributed by atoms with Crippen LogP contribution in [0.1, 0.15) is 5.56 Å². The van der Waals surface area contributed by atoms with Crippen molar-refractivity contribution in [3.63, 3.8) is 0 Å². The van der Waals surface area contributed by atoms with Crippen molar-refractivity contribution in [2.24, 2.45) is 0 Å². The van der Waals surface area contributed by atoms with Crippen LogP contribution in [0.4, 0.5) is 9.18 Å². The number of benzene rings is 2. The van der Waals surface area contributed by atoms with Crippen molar-refractivity contribution in [1.82, 2.24) is 14.5 Å². The van der Waals surface area contributed by atoms with Crippen LogP contribution in [0.15, 0.2) is 59.5 Å². The first kappa shape index (κ1) is 19.3. The molecule has 6 nitrogen and oxygen atoms in total. The van der Waals surface area contributed by atoms with E-state index in [4.69, 9.17) is 0 Å². The Morgan fingerprint density at radius 2 is 1.70 bits per heavy atom. The molecule has 1 fully saturated rings. The minimum atomic E-state index is -3.75. The van der Waals surface area contributed by atoms with Gasteiger partial charge in [0.15, 0.2) is 0 Å². The molecule has 0 bridgehead atoms. The van der Waals surface area contributed by atoms with Crippen LogP contribution in [-0.2, 0) is 16.4 Å². The van der Waals surface area contributed by atoms with Crippen LogP contribution in [0.2, 0.25) is 0 Å². The molecule has 3 rings (SSSR count). The summed E-state index contributed by atoms with van der Waals surface area (Å²) in [5.41, 5.74) is 1.14. The smallest absolute Gasteiger partial charge is 0.317 e. The zero-order valence-electron chi connectivity index (χ0n) is 14.8. The number of rotatable bonds is 5. The van der Waals surface area contributed by atoms with E-state index in [-0.39, 0.29) is 24.0 Å². The fourth-order valence-corrected chi connectivity index (χ4v) is 4.43. The van der Waals surface area contributed by atoms with E-state index < -0.39 is 15.8 Å². The summed E-state index contributed by atoms with van der Waals surface area (Å²) in [5, 5.41) is 2.86. The number of amides is 2. The summed E-state index contributed by atoms with van der Waals surface area (Å²) in [5.74, 6) is -0.590. The predicted molar refractivity (Wildman–Crippen MR) is 100 cm³/mol.